The van der Waals surface area contributed by atoms with Gasteiger partial charge in [-0.15, -0.1) is 0 Å². The maximum atomic E-state index is 14.3. The summed E-state index contributed by atoms with van der Waals surface area (Å²) in [5.41, 5.74) is 0.667. The zero-order valence-electron chi connectivity index (χ0n) is 18.4. The highest BCUT2D eigenvalue weighted by Gasteiger charge is 2.53. The lowest BCUT2D eigenvalue weighted by Gasteiger charge is -2.35. The summed E-state index contributed by atoms with van der Waals surface area (Å²) in [6.07, 6.45) is 5.28. The minimum atomic E-state index is -0.532. The number of hydrogen-bond donors (Lipinski definition) is 0. The lowest BCUT2D eigenvalue weighted by atomic mass is 9.74. The van der Waals surface area contributed by atoms with Crippen molar-refractivity contribution in [2.45, 2.75) is 19.4 Å². The third-order valence-electron chi connectivity index (χ3n) is 6.65. The molecule has 0 aliphatic carbocycles. The van der Waals surface area contributed by atoms with Crippen molar-refractivity contribution >= 4 is 11.8 Å². The molecule has 2 aromatic rings. The molecule has 2 atom stereocenters. The number of amides is 2. The van der Waals surface area contributed by atoms with E-state index in [4.69, 9.17) is 0 Å². The molecule has 7 nitrogen and oxygen atoms in total. The van der Waals surface area contributed by atoms with E-state index in [1.165, 1.54) is 12.1 Å². The van der Waals surface area contributed by atoms with Gasteiger partial charge in [-0.3, -0.25) is 19.2 Å². The molecule has 31 heavy (non-hydrogen) atoms. The number of aryl methyl sites for hydroxylation is 1. The maximum Gasteiger partial charge on any atom is 0.256 e. The van der Waals surface area contributed by atoms with Crippen molar-refractivity contribution in [2.75, 3.05) is 40.3 Å². The van der Waals surface area contributed by atoms with Gasteiger partial charge in [0.05, 0.1) is 17.2 Å². The van der Waals surface area contributed by atoms with E-state index in [0.717, 1.165) is 24.9 Å². The predicted molar refractivity (Wildman–Crippen MR) is 115 cm³/mol. The number of fused-ring (bicyclic) bond motifs is 1. The summed E-state index contributed by atoms with van der Waals surface area (Å²) in [5, 5.41) is 4.25. The Balaban J connectivity index is 1.59. The highest BCUT2D eigenvalue weighted by molar-refractivity contribution is 5.94. The Morgan fingerprint density at radius 3 is 2.71 bits per heavy atom. The number of likely N-dealkylation sites (tertiary alicyclic amines) is 2. The first kappa shape index (κ1) is 21.5. The third kappa shape index (κ3) is 4.08. The number of aromatic nitrogens is 2. The molecule has 4 rings (SSSR count). The van der Waals surface area contributed by atoms with Gasteiger partial charge < -0.3 is 9.80 Å². The van der Waals surface area contributed by atoms with Gasteiger partial charge in [-0.2, -0.15) is 5.10 Å². The van der Waals surface area contributed by atoms with Gasteiger partial charge in [0, 0.05) is 71.5 Å². The molecule has 0 spiro atoms. The molecular formula is C23H30FN5O2. The van der Waals surface area contributed by atoms with Crippen molar-refractivity contribution < 1.29 is 14.0 Å². The first-order valence-electron chi connectivity index (χ1n) is 10.8. The summed E-state index contributed by atoms with van der Waals surface area (Å²) in [4.78, 5) is 32.2. The summed E-state index contributed by atoms with van der Waals surface area (Å²) >= 11 is 0. The molecule has 1 aromatic carbocycles. The number of carbonyl (C=O) groups is 2. The monoisotopic (exact) mass is 427 g/mol. The molecule has 1 aromatic heterocycles. The van der Waals surface area contributed by atoms with Crippen LogP contribution in [-0.2, 0) is 18.4 Å². The Kier molecular flexibility index (Phi) is 5.83. The number of hydrogen-bond acceptors (Lipinski definition) is 4. The van der Waals surface area contributed by atoms with E-state index in [9.17, 15) is 14.0 Å². The second-order valence-corrected chi connectivity index (χ2v) is 9.08. The minimum absolute atomic E-state index is 0.00250. The van der Waals surface area contributed by atoms with Crippen molar-refractivity contribution in [1.29, 1.82) is 0 Å². The normalized spacial score (nSPS) is 24.0. The van der Waals surface area contributed by atoms with Crippen molar-refractivity contribution in [3.8, 4) is 0 Å². The molecule has 2 amide bonds. The fraction of sp³-hybridized carbons (Fsp3) is 0.522. The highest BCUT2D eigenvalue weighted by Crippen LogP contribution is 2.44. The van der Waals surface area contributed by atoms with Crippen molar-refractivity contribution in [1.82, 2.24) is 24.5 Å². The van der Waals surface area contributed by atoms with Crippen LogP contribution in [0.1, 0.15) is 28.8 Å². The average molecular weight is 428 g/mol. The van der Waals surface area contributed by atoms with Crippen LogP contribution in [0.2, 0.25) is 0 Å². The smallest absolute Gasteiger partial charge is 0.256 e. The zero-order valence-corrected chi connectivity index (χ0v) is 18.4. The van der Waals surface area contributed by atoms with E-state index in [0.29, 0.717) is 26.2 Å². The Bertz CT molecular complexity index is 974. The molecule has 0 radical (unpaired) electrons. The van der Waals surface area contributed by atoms with Gasteiger partial charge in [0.25, 0.3) is 5.91 Å². The summed E-state index contributed by atoms with van der Waals surface area (Å²) in [6, 6.07) is 6.11. The largest absolute Gasteiger partial charge is 0.348 e. The number of rotatable bonds is 4. The molecule has 2 saturated heterocycles. The molecule has 3 heterocycles. The van der Waals surface area contributed by atoms with Crippen LogP contribution in [0.5, 0.6) is 0 Å². The second-order valence-electron chi connectivity index (χ2n) is 9.08. The molecule has 0 unspecified atom stereocenters. The molecule has 2 fully saturated rings. The first-order chi connectivity index (χ1) is 14.8. The van der Waals surface area contributed by atoms with Gasteiger partial charge in [-0.1, -0.05) is 12.1 Å². The Morgan fingerprint density at radius 1 is 1.26 bits per heavy atom. The van der Waals surface area contributed by atoms with Crippen LogP contribution in [0, 0.1) is 17.2 Å². The third-order valence-corrected chi connectivity index (χ3v) is 6.65. The SMILES string of the molecule is CN(C)C(=O)[C@]12CCCN(C(=O)c3ccccc3F)C[C@H]1CN(Cc1cnn(C)c1)C2. The van der Waals surface area contributed by atoms with E-state index >= 15 is 0 Å². The fourth-order valence-electron chi connectivity index (χ4n) is 5.25. The van der Waals surface area contributed by atoms with Gasteiger partial charge >= 0.3 is 0 Å². The molecule has 2 aliphatic heterocycles. The second kappa shape index (κ2) is 8.42. The molecule has 166 valence electrons. The predicted octanol–water partition coefficient (Wildman–Crippen LogP) is 2.00. The minimum Gasteiger partial charge on any atom is -0.348 e. The van der Waals surface area contributed by atoms with Crippen molar-refractivity contribution in [3.63, 3.8) is 0 Å². The highest BCUT2D eigenvalue weighted by atomic mass is 19.1. The van der Waals surface area contributed by atoms with Crippen LogP contribution in [0.3, 0.4) is 0 Å². The Morgan fingerprint density at radius 2 is 2.03 bits per heavy atom. The maximum absolute atomic E-state index is 14.3. The standard InChI is InChI=1S/C23H30FN5O2/c1-26(2)22(31)23-9-6-10-29(21(30)19-7-4-5-8-20(19)24)15-18(23)14-28(16-23)13-17-11-25-27(3)12-17/h4-5,7-8,11-12,18H,6,9-10,13-16H2,1-3H3/t18-,23+/m1/s1. The van der Waals surface area contributed by atoms with Gasteiger partial charge in [0.1, 0.15) is 5.82 Å². The zero-order chi connectivity index (χ0) is 22.2. The van der Waals surface area contributed by atoms with E-state index in [-0.39, 0.29) is 23.3 Å². The Labute approximate surface area is 182 Å². The first-order valence-corrected chi connectivity index (χ1v) is 10.8. The van der Waals surface area contributed by atoms with E-state index in [1.54, 1.807) is 40.7 Å². The van der Waals surface area contributed by atoms with E-state index < -0.39 is 11.2 Å². The fourth-order valence-corrected chi connectivity index (χ4v) is 5.25. The lowest BCUT2D eigenvalue weighted by Crippen LogP contribution is -2.47. The number of halogens is 1. The molecule has 0 N–H and O–H groups in total. The molecule has 8 heteroatoms. The molecule has 0 saturated carbocycles. The quantitative estimate of drug-likeness (QED) is 0.749. The van der Waals surface area contributed by atoms with E-state index in [2.05, 4.69) is 10.00 Å². The lowest BCUT2D eigenvalue weighted by molar-refractivity contribution is -0.141. The number of nitrogens with zero attached hydrogens (tertiary/aromatic N) is 5. The van der Waals surface area contributed by atoms with Crippen LogP contribution < -0.4 is 0 Å². The summed E-state index contributed by atoms with van der Waals surface area (Å²) in [7, 11) is 5.48. The van der Waals surface area contributed by atoms with Crippen LogP contribution in [0.4, 0.5) is 4.39 Å². The van der Waals surface area contributed by atoms with E-state index in [1.807, 2.05) is 19.4 Å². The molecular weight excluding hydrogens is 397 g/mol. The van der Waals surface area contributed by atoms with Crippen LogP contribution in [0.15, 0.2) is 36.7 Å². The van der Waals surface area contributed by atoms with Crippen molar-refractivity contribution in [3.05, 3.63) is 53.6 Å². The molecule has 2 aliphatic rings. The van der Waals surface area contributed by atoms with Gasteiger partial charge in [-0.25, -0.2) is 4.39 Å². The molecule has 0 bridgehead atoms. The van der Waals surface area contributed by atoms with Crippen LogP contribution in [-0.4, -0.2) is 76.6 Å². The van der Waals surface area contributed by atoms with Gasteiger partial charge in [0.15, 0.2) is 0 Å². The summed E-state index contributed by atoms with van der Waals surface area (Å²) < 4.78 is 16.0. The van der Waals surface area contributed by atoms with Crippen LogP contribution >= 0.6 is 0 Å². The Hall–Kier alpha value is -2.74. The van der Waals surface area contributed by atoms with Crippen molar-refractivity contribution in [2.24, 2.45) is 18.4 Å². The van der Waals surface area contributed by atoms with Gasteiger partial charge in [-0.05, 0) is 25.0 Å². The summed E-state index contributed by atoms with van der Waals surface area (Å²) in [6.45, 7) is 3.08. The topological polar surface area (TPSA) is 61.7 Å². The van der Waals surface area contributed by atoms with Gasteiger partial charge in [0.2, 0.25) is 5.91 Å². The van der Waals surface area contributed by atoms with Crippen LogP contribution in [0.25, 0.3) is 0 Å². The average Bonchev–Trinajstić information content (AvgIpc) is 3.24. The summed E-state index contributed by atoms with van der Waals surface area (Å²) in [5.74, 6) is -0.683. The number of benzene rings is 1. The number of carbonyl (C=O) groups excluding carboxylic acids is 2.